The predicted octanol–water partition coefficient (Wildman–Crippen LogP) is 4.78. The second-order valence-electron chi connectivity index (χ2n) is 7.46. The third-order valence-corrected chi connectivity index (χ3v) is 5.07. The van der Waals surface area contributed by atoms with E-state index in [-0.39, 0.29) is 23.3 Å². The topological polar surface area (TPSA) is 50.3 Å². The summed E-state index contributed by atoms with van der Waals surface area (Å²) in [6, 6.07) is 16.6. The zero-order valence-corrected chi connectivity index (χ0v) is 17.5. The Balaban J connectivity index is 1.77. The molecule has 4 nitrogen and oxygen atoms in total. The van der Waals surface area contributed by atoms with Crippen LogP contribution in [0.3, 0.4) is 0 Å². The van der Waals surface area contributed by atoms with E-state index < -0.39 is 23.6 Å². The lowest BCUT2D eigenvalue weighted by Crippen LogP contribution is -2.31. The van der Waals surface area contributed by atoms with Gasteiger partial charge < -0.3 is 0 Å². The fraction of sp³-hybridized carbons (Fsp3) is 0.115. The van der Waals surface area contributed by atoms with Gasteiger partial charge in [-0.1, -0.05) is 42.2 Å². The molecule has 0 aliphatic carbocycles. The summed E-state index contributed by atoms with van der Waals surface area (Å²) < 4.78 is 39.0. The molecule has 0 atom stereocenters. The van der Waals surface area contributed by atoms with Crippen LogP contribution in [0.15, 0.2) is 78.5 Å². The number of nitrogens with zero attached hydrogens (tertiary/aromatic N) is 2. The highest BCUT2D eigenvalue weighted by molar-refractivity contribution is 6.37. The molecule has 0 saturated carbocycles. The van der Waals surface area contributed by atoms with Crippen LogP contribution in [0.2, 0.25) is 0 Å². The maximum absolute atomic E-state index is 13.2. The molecule has 0 fully saturated rings. The van der Waals surface area contributed by atoms with Gasteiger partial charge in [0.1, 0.15) is 5.57 Å². The molecule has 0 bridgehead atoms. The number of hydrogen-bond acceptors (Lipinski definition) is 3. The zero-order valence-electron chi connectivity index (χ0n) is 17.5. The van der Waals surface area contributed by atoms with Crippen molar-refractivity contribution in [3.05, 3.63) is 106 Å². The van der Waals surface area contributed by atoms with Crippen molar-refractivity contribution in [2.75, 3.05) is 0 Å². The summed E-state index contributed by atoms with van der Waals surface area (Å²) in [5.74, 6) is 4.45. The Kier molecular flexibility index (Phi) is 5.84. The fourth-order valence-electron chi connectivity index (χ4n) is 3.44. The van der Waals surface area contributed by atoms with Crippen LogP contribution in [0.5, 0.6) is 0 Å². The van der Waals surface area contributed by atoms with E-state index in [2.05, 4.69) is 16.8 Å². The first-order valence-electron chi connectivity index (χ1n) is 10.0. The molecular formula is C26H17F3N2O2. The minimum Gasteiger partial charge on any atom is -0.269 e. The Labute approximate surface area is 188 Å². The first kappa shape index (κ1) is 22.0. The van der Waals surface area contributed by atoms with E-state index in [1.54, 1.807) is 30.5 Å². The molecule has 2 aromatic carbocycles. The monoisotopic (exact) mass is 446 g/mol. The highest BCUT2D eigenvalue weighted by Crippen LogP contribution is 2.33. The zero-order chi connectivity index (χ0) is 23.6. The summed E-state index contributed by atoms with van der Waals surface area (Å²) in [6.45, 7) is 1.83. The first-order chi connectivity index (χ1) is 15.7. The Hall–Kier alpha value is -4.18. The standard InChI is InChI=1S/C26H17F3N2O2/c1-17-5-4-6-18(15-17)8-13-22-23(19-9-11-20(12-10-19)26(27,28)29)25(33)31(24(22)32)16-21-7-2-3-14-30-21/h2-7,9-12,14-15H,16H2,1H3. The number of pyridine rings is 1. The molecule has 164 valence electrons. The average Bonchev–Trinajstić information content (AvgIpc) is 3.02. The van der Waals surface area contributed by atoms with Crippen molar-refractivity contribution in [1.29, 1.82) is 0 Å². The summed E-state index contributed by atoms with van der Waals surface area (Å²) in [4.78, 5) is 31.5. The molecule has 4 rings (SSSR count). The maximum atomic E-state index is 13.2. The van der Waals surface area contributed by atoms with Gasteiger partial charge in [-0.2, -0.15) is 13.2 Å². The van der Waals surface area contributed by atoms with Crippen LogP contribution in [-0.2, 0) is 22.3 Å². The van der Waals surface area contributed by atoms with E-state index >= 15 is 0 Å². The molecular weight excluding hydrogens is 429 g/mol. The van der Waals surface area contributed by atoms with Gasteiger partial charge in [-0.15, -0.1) is 0 Å². The number of amides is 2. The highest BCUT2D eigenvalue weighted by atomic mass is 19.4. The molecule has 0 unspecified atom stereocenters. The lowest BCUT2D eigenvalue weighted by molar-refractivity contribution is -0.138. The van der Waals surface area contributed by atoms with Crippen LogP contribution in [-0.4, -0.2) is 21.7 Å². The smallest absolute Gasteiger partial charge is 0.269 e. The van der Waals surface area contributed by atoms with Crippen molar-refractivity contribution in [3.8, 4) is 11.8 Å². The van der Waals surface area contributed by atoms with Gasteiger partial charge in [-0.25, -0.2) is 0 Å². The normalized spacial score (nSPS) is 13.9. The third kappa shape index (κ3) is 4.70. The third-order valence-electron chi connectivity index (χ3n) is 5.07. The van der Waals surface area contributed by atoms with E-state index in [1.165, 1.54) is 12.1 Å². The van der Waals surface area contributed by atoms with E-state index in [4.69, 9.17) is 0 Å². The van der Waals surface area contributed by atoms with Gasteiger partial charge >= 0.3 is 6.18 Å². The number of aromatic nitrogens is 1. The van der Waals surface area contributed by atoms with Gasteiger partial charge in [0, 0.05) is 11.8 Å². The number of alkyl halides is 3. The molecule has 1 aliphatic heterocycles. The molecule has 1 aromatic heterocycles. The number of hydrogen-bond donors (Lipinski definition) is 0. The number of imide groups is 1. The van der Waals surface area contributed by atoms with Crippen molar-refractivity contribution in [2.45, 2.75) is 19.6 Å². The van der Waals surface area contributed by atoms with Gasteiger partial charge in [0.05, 0.1) is 23.4 Å². The number of benzene rings is 2. The second-order valence-corrected chi connectivity index (χ2v) is 7.46. The minimum atomic E-state index is -4.51. The van der Waals surface area contributed by atoms with Gasteiger partial charge in [0.15, 0.2) is 0 Å². The molecule has 2 amide bonds. The van der Waals surface area contributed by atoms with Crippen molar-refractivity contribution >= 4 is 17.4 Å². The molecule has 2 heterocycles. The second kappa shape index (κ2) is 8.75. The fourth-order valence-corrected chi connectivity index (χ4v) is 3.44. The van der Waals surface area contributed by atoms with Gasteiger partial charge in [0.25, 0.3) is 11.8 Å². The Bertz CT molecular complexity index is 1320. The maximum Gasteiger partial charge on any atom is 0.416 e. The van der Waals surface area contributed by atoms with Crippen molar-refractivity contribution in [2.24, 2.45) is 0 Å². The number of carbonyl (C=O) groups excluding carboxylic acids is 2. The van der Waals surface area contributed by atoms with Crippen LogP contribution in [0.1, 0.15) is 27.9 Å². The Morgan fingerprint density at radius 3 is 2.30 bits per heavy atom. The van der Waals surface area contributed by atoms with Gasteiger partial charge in [0.2, 0.25) is 0 Å². The van der Waals surface area contributed by atoms with Crippen LogP contribution >= 0.6 is 0 Å². The number of aryl methyl sites for hydroxylation is 1. The van der Waals surface area contributed by atoms with Gasteiger partial charge in [-0.05, 0) is 54.4 Å². The molecule has 7 heteroatoms. The van der Waals surface area contributed by atoms with Gasteiger partial charge in [-0.3, -0.25) is 19.5 Å². The molecule has 3 aromatic rings. The minimum absolute atomic E-state index is 0.0233. The lowest BCUT2D eigenvalue weighted by Gasteiger charge is -2.14. The highest BCUT2D eigenvalue weighted by Gasteiger charge is 2.39. The number of rotatable bonds is 3. The molecule has 0 N–H and O–H groups in total. The van der Waals surface area contributed by atoms with Crippen LogP contribution in [0, 0.1) is 18.8 Å². The molecule has 0 radical (unpaired) electrons. The van der Waals surface area contributed by atoms with Crippen molar-refractivity contribution in [3.63, 3.8) is 0 Å². The molecule has 1 aliphatic rings. The van der Waals surface area contributed by atoms with E-state index in [0.29, 0.717) is 11.3 Å². The Morgan fingerprint density at radius 1 is 0.909 bits per heavy atom. The molecule has 0 spiro atoms. The van der Waals surface area contributed by atoms with E-state index in [9.17, 15) is 22.8 Å². The van der Waals surface area contributed by atoms with E-state index in [1.807, 2.05) is 25.1 Å². The van der Waals surface area contributed by atoms with Crippen LogP contribution in [0.4, 0.5) is 13.2 Å². The van der Waals surface area contributed by atoms with Crippen LogP contribution < -0.4 is 0 Å². The molecule has 33 heavy (non-hydrogen) atoms. The first-order valence-corrected chi connectivity index (χ1v) is 10.0. The summed E-state index contributed by atoms with van der Waals surface area (Å²) in [7, 11) is 0. The number of carbonyl (C=O) groups is 2. The predicted molar refractivity (Wildman–Crippen MR) is 116 cm³/mol. The summed E-state index contributed by atoms with van der Waals surface area (Å²) >= 11 is 0. The summed E-state index contributed by atoms with van der Waals surface area (Å²) in [6.07, 6.45) is -2.97. The van der Waals surface area contributed by atoms with Crippen molar-refractivity contribution < 1.29 is 22.8 Å². The van der Waals surface area contributed by atoms with E-state index in [0.717, 1.165) is 22.6 Å². The SMILES string of the molecule is Cc1cccc(C#CC2=C(c3ccc(C(F)(F)F)cc3)C(=O)N(Cc3ccccn3)C2=O)c1. The summed E-state index contributed by atoms with van der Waals surface area (Å²) in [5, 5.41) is 0. The summed E-state index contributed by atoms with van der Waals surface area (Å²) in [5.41, 5.74) is 1.39. The van der Waals surface area contributed by atoms with Crippen LogP contribution in [0.25, 0.3) is 5.57 Å². The largest absolute Gasteiger partial charge is 0.416 e. The molecule has 0 saturated heterocycles. The average molecular weight is 446 g/mol. The van der Waals surface area contributed by atoms with Crippen molar-refractivity contribution in [1.82, 2.24) is 9.88 Å². The lowest BCUT2D eigenvalue weighted by atomic mass is 10.00. The number of halogens is 3. The Morgan fingerprint density at radius 2 is 1.67 bits per heavy atom. The quantitative estimate of drug-likeness (QED) is 0.430.